The van der Waals surface area contributed by atoms with Gasteiger partial charge < -0.3 is 0 Å². The molecule has 0 spiro atoms. The van der Waals surface area contributed by atoms with Crippen molar-refractivity contribution < 1.29 is 0 Å². The van der Waals surface area contributed by atoms with Gasteiger partial charge in [0.15, 0.2) is 0 Å². The second-order valence-electron chi connectivity index (χ2n) is 16.7. The van der Waals surface area contributed by atoms with Crippen molar-refractivity contribution >= 4 is 53.9 Å². The Kier molecular flexibility index (Phi) is 7.38. The molecule has 12 rings (SSSR count). The van der Waals surface area contributed by atoms with Gasteiger partial charge in [-0.25, -0.2) is 0 Å². The van der Waals surface area contributed by atoms with Gasteiger partial charge in [0.2, 0.25) is 0 Å². The van der Waals surface area contributed by atoms with Gasteiger partial charge in [-0.2, -0.15) is 0 Å². The highest BCUT2D eigenvalue weighted by Crippen LogP contribution is 2.54. The summed E-state index contributed by atoms with van der Waals surface area (Å²) in [4.78, 5) is 0. The largest absolute Gasteiger partial charge is 0.0616 e. The first-order valence-electron chi connectivity index (χ1n) is 20.8. The van der Waals surface area contributed by atoms with Crippen molar-refractivity contribution in [3.8, 4) is 55.6 Å². The van der Waals surface area contributed by atoms with Gasteiger partial charge in [0.05, 0.1) is 0 Å². The predicted octanol–water partition coefficient (Wildman–Crippen LogP) is 16.4. The maximum Gasteiger partial charge on any atom is 0.0165 e. The van der Waals surface area contributed by atoms with Crippen LogP contribution in [-0.2, 0) is 5.41 Å². The Balaban J connectivity index is 1.05. The van der Waals surface area contributed by atoms with Crippen LogP contribution in [0.5, 0.6) is 0 Å². The highest BCUT2D eigenvalue weighted by molar-refractivity contribution is 6.23. The van der Waals surface area contributed by atoms with E-state index in [-0.39, 0.29) is 5.41 Å². The molecule has 0 heteroatoms. The van der Waals surface area contributed by atoms with E-state index < -0.39 is 0 Å². The molecule has 11 aromatic carbocycles. The van der Waals surface area contributed by atoms with E-state index in [1.54, 1.807) is 0 Å². The minimum Gasteiger partial charge on any atom is -0.0616 e. The van der Waals surface area contributed by atoms with Crippen LogP contribution in [0.3, 0.4) is 0 Å². The summed E-state index contributed by atoms with van der Waals surface area (Å²) in [5, 5.41) is 12.8. The zero-order valence-electron chi connectivity index (χ0n) is 33.1. The Labute approximate surface area is 344 Å². The summed E-state index contributed by atoms with van der Waals surface area (Å²) in [5.41, 5.74) is 15.5. The minimum atomic E-state index is -0.0962. The van der Waals surface area contributed by atoms with Crippen molar-refractivity contribution in [3.05, 3.63) is 217 Å². The van der Waals surface area contributed by atoms with E-state index >= 15 is 0 Å². The average Bonchev–Trinajstić information content (AvgIpc) is 3.54. The van der Waals surface area contributed by atoms with Crippen LogP contribution in [0.2, 0.25) is 0 Å². The third kappa shape index (κ3) is 4.96. The van der Waals surface area contributed by atoms with E-state index in [1.807, 2.05) is 0 Å². The van der Waals surface area contributed by atoms with Crippen LogP contribution in [0, 0.1) is 0 Å². The number of rotatable bonds is 4. The van der Waals surface area contributed by atoms with Crippen LogP contribution < -0.4 is 0 Å². The highest BCUT2D eigenvalue weighted by Gasteiger charge is 2.38. The van der Waals surface area contributed by atoms with E-state index in [0.29, 0.717) is 0 Å². The summed E-state index contributed by atoms with van der Waals surface area (Å²) in [6.45, 7) is 4.78. The van der Waals surface area contributed by atoms with E-state index in [4.69, 9.17) is 0 Å². The summed E-state index contributed by atoms with van der Waals surface area (Å²) >= 11 is 0. The first kappa shape index (κ1) is 33.8. The molecule has 0 N–H and O–H groups in total. The molecule has 0 amide bonds. The average molecular weight is 749 g/mol. The third-order valence-corrected chi connectivity index (χ3v) is 13.2. The van der Waals surface area contributed by atoms with Gasteiger partial charge in [-0.05, 0) is 127 Å². The lowest BCUT2D eigenvalue weighted by molar-refractivity contribution is 0.666. The lowest BCUT2D eigenvalue weighted by Crippen LogP contribution is -2.15. The fourth-order valence-electron chi connectivity index (χ4n) is 10.7. The number of benzene rings is 11. The third-order valence-electron chi connectivity index (χ3n) is 13.2. The molecule has 11 aromatic rings. The lowest BCUT2D eigenvalue weighted by Gasteiger charge is -2.23. The minimum absolute atomic E-state index is 0.0962. The van der Waals surface area contributed by atoms with Crippen LogP contribution >= 0.6 is 0 Å². The van der Waals surface area contributed by atoms with Crippen molar-refractivity contribution in [3.63, 3.8) is 0 Å². The highest BCUT2D eigenvalue weighted by atomic mass is 14.4. The zero-order valence-corrected chi connectivity index (χ0v) is 33.1. The van der Waals surface area contributed by atoms with Crippen molar-refractivity contribution in [1.29, 1.82) is 0 Å². The van der Waals surface area contributed by atoms with Gasteiger partial charge in [-0.3, -0.25) is 0 Å². The fourth-order valence-corrected chi connectivity index (χ4v) is 10.7. The second-order valence-corrected chi connectivity index (χ2v) is 16.7. The van der Waals surface area contributed by atoms with Crippen molar-refractivity contribution in [2.45, 2.75) is 19.3 Å². The SMILES string of the molecule is CC1(C)c2cccc(-c3ccc(-c4c5ccccc5c(-c5ccccc5-c5cc6ccccc6c6ccccc56)c5ccccc45)cc3)c2-c2ccc3ccccc3c21. The van der Waals surface area contributed by atoms with E-state index in [0.717, 1.165) is 0 Å². The first-order chi connectivity index (χ1) is 29.1. The standard InChI is InChI=1S/C59H40/c1-59(2)54-29-15-28-42(57(54)52-35-34-37-16-3-6-19-43(37)58(52)59)38-30-32-39(33-31-38)55-48-24-11-13-26-50(48)56(51-27-14-12-25-49(51)55)47-23-10-9-22-46(47)53-36-40-17-4-5-18-41(40)44-20-7-8-21-45(44)53/h3-36H,1-2H3. The van der Waals surface area contributed by atoms with Gasteiger partial charge in [0.25, 0.3) is 0 Å². The van der Waals surface area contributed by atoms with Gasteiger partial charge in [-0.15, -0.1) is 0 Å². The Morgan fingerprint density at radius 3 is 1.47 bits per heavy atom. The van der Waals surface area contributed by atoms with Crippen LogP contribution in [0.1, 0.15) is 25.0 Å². The van der Waals surface area contributed by atoms with Crippen LogP contribution in [0.4, 0.5) is 0 Å². The van der Waals surface area contributed by atoms with Gasteiger partial charge in [0, 0.05) is 5.41 Å². The smallest absolute Gasteiger partial charge is 0.0165 e. The van der Waals surface area contributed by atoms with E-state index in [1.165, 1.54) is 121 Å². The molecule has 0 fully saturated rings. The molecule has 0 unspecified atom stereocenters. The molecule has 0 saturated carbocycles. The molecule has 0 atom stereocenters. The molecule has 0 nitrogen and oxygen atoms in total. The molecule has 0 radical (unpaired) electrons. The van der Waals surface area contributed by atoms with E-state index in [2.05, 4.69) is 220 Å². The predicted molar refractivity (Wildman–Crippen MR) is 253 cm³/mol. The number of hydrogen-bond acceptors (Lipinski definition) is 0. The van der Waals surface area contributed by atoms with Crippen molar-refractivity contribution in [2.75, 3.05) is 0 Å². The summed E-state index contributed by atoms with van der Waals surface area (Å²) in [6, 6.07) is 76.8. The molecule has 1 aliphatic rings. The molecule has 0 heterocycles. The number of hydrogen-bond donors (Lipinski definition) is 0. The summed E-state index contributed by atoms with van der Waals surface area (Å²) in [7, 11) is 0. The number of fused-ring (bicyclic) bond motifs is 10. The van der Waals surface area contributed by atoms with Gasteiger partial charge in [0.1, 0.15) is 0 Å². The first-order valence-corrected chi connectivity index (χ1v) is 20.8. The summed E-state index contributed by atoms with van der Waals surface area (Å²) < 4.78 is 0. The Hall–Kier alpha value is -7.28. The maximum atomic E-state index is 2.39. The van der Waals surface area contributed by atoms with Crippen molar-refractivity contribution in [1.82, 2.24) is 0 Å². The van der Waals surface area contributed by atoms with Gasteiger partial charge in [-0.1, -0.05) is 214 Å². The van der Waals surface area contributed by atoms with Crippen molar-refractivity contribution in [2.24, 2.45) is 0 Å². The summed E-state index contributed by atoms with van der Waals surface area (Å²) in [5.74, 6) is 0. The topological polar surface area (TPSA) is 0 Å². The quantitative estimate of drug-likeness (QED) is 0.124. The molecule has 276 valence electrons. The Bertz CT molecular complexity index is 3450. The molecule has 0 aromatic heterocycles. The monoisotopic (exact) mass is 748 g/mol. The molecule has 0 aliphatic heterocycles. The van der Waals surface area contributed by atoms with Gasteiger partial charge >= 0.3 is 0 Å². The molecule has 0 saturated heterocycles. The van der Waals surface area contributed by atoms with Crippen LogP contribution in [-0.4, -0.2) is 0 Å². The second kappa shape index (κ2) is 12.9. The molecule has 0 bridgehead atoms. The molecule has 1 aliphatic carbocycles. The van der Waals surface area contributed by atoms with Crippen LogP contribution in [0.25, 0.3) is 109 Å². The Morgan fingerprint density at radius 1 is 0.271 bits per heavy atom. The lowest BCUT2D eigenvalue weighted by atomic mass is 9.80. The molecular weight excluding hydrogens is 709 g/mol. The fraction of sp³-hybridized carbons (Fsp3) is 0.0508. The zero-order chi connectivity index (χ0) is 39.2. The van der Waals surface area contributed by atoms with Crippen LogP contribution in [0.15, 0.2) is 206 Å². The van der Waals surface area contributed by atoms with E-state index in [9.17, 15) is 0 Å². The Morgan fingerprint density at radius 2 is 0.780 bits per heavy atom. The maximum absolute atomic E-state index is 2.39. The molecular formula is C59H40. The molecule has 59 heavy (non-hydrogen) atoms. The summed E-state index contributed by atoms with van der Waals surface area (Å²) in [6.07, 6.45) is 0. The normalized spacial score (nSPS) is 13.1.